The Kier molecular flexibility index (Phi) is 13.6. The van der Waals surface area contributed by atoms with E-state index in [-0.39, 0.29) is 0 Å². The Labute approximate surface area is 84.9 Å². The molecule has 0 saturated heterocycles. The third kappa shape index (κ3) is 8.01. The van der Waals surface area contributed by atoms with Gasteiger partial charge in [0, 0.05) is 19.8 Å². The zero-order valence-corrected chi connectivity index (χ0v) is 10.5. The van der Waals surface area contributed by atoms with Gasteiger partial charge in [0.05, 0.1) is 0 Å². The third-order valence-electron chi connectivity index (χ3n) is 2.18. The molecule has 1 nitrogen and oxygen atoms in total. The Morgan fingerprint density at radius 2 is 1.46 bits per heavy atom. The molecule has 1 heteroatoms. The highest BCUT2D eigenvalue weighted by molar-refractivity contribution is 5.76. The van der Waals surface area contributed by atoms with E-state index in [0.717, 1.165) is 0 Å². The molecular formula is C12H28N+. The van der Waals surface area contributed by atoms with Gasteiger partial charge in [-0.15, -0.1) is 0 Å². The third-order valence-corrected chi connectivity index (χ3v) is 2.18. The molecule has 0 amide bonds. The van der Waals surface area contributed by atoms with E-state index in [0.29, 0.717) is 0 Å². The molecule has 0 fully saturated rings. The topological polar surface area (TPSA) is 3.01 Å². The Morgan fingerprint density at radius 1 is 0.923 bits per heavy atom. The summed E-state index contributed by atoms with van der Waals surface area (Å²) in [5, 5.41) is 0. The van der Waals surface area contributed by atoms with Gasteiger partial charge in [0.25, 0.3) is 0 Å². The highest BCUT2D eigenvalue weighted by Crippen LogP contribution is 2.05. The molecular weight excluding hydrogens is 158 g/mol. The lowest BCUT2D eigenvalue weighted by Crippen LogP contribution is -2.12. The van der Waals surface area contributed by atoms with Gasteiger partial charge < -0.3 is 0 Å². The summed E-state index contributed by atoms with van der Waals surface area (Å²) in [6.07, 6.45) is 5.52. The SMILES string of the molecule is CC.CC.CC1=[N+](C)CCCCC1. The molecule has 0 aromatic carbocycles. The van der Waals surface area contributed by atoms with E-state index < -0.39 is 0 Å². The molecule has 0 atom stereocenters. The average Bonchev–Trinajstić information content (AvgIpc) is 2.39. The molecule has 1 aliphatic rings. The summed E-state index contributed by atoms with van der Waals surface area (Å²) < 4.78 is 2.38. The highest BCUT2D eigenvalue weighted by atomic mass is 15.0. The predicted molar refractivity (Wildman–Crippen MR) is 62.9 cm³/mol. The van der Waals surface area contributed by atoms with Crippen LogP contribution in [-0.2, 0) is 0 Å². The maximum Gasteiger partial charge on any atom is 0.148 e. The van der Waals surface area contributed by atoms with Crippen LogP contribution in [0.25, 0.3) is 0 Å². The Morgan fingerprint density at radius 3 is 2.00 bits per heavy atom. The normalized spacial score (nSPS) is 16.2. The van der Waals surface area contributed by atoms with Crippen molar-refractivity contribution in [2.45, 2.75) is 60.3 Å². The standard InChI is InChI=1S/C8H16N.2C2H6/c1-8-6-4-3-5-7-9(8)2;2*1-2/h3-7H2,1-2H3;2*1-2H3/q+1;;. The minimum Gasteiger partial charge on any atom is -0.240 e. The summed E-state index contributed by atoms with van der Waals surface area (Å²) in [6.45, 7) is 11.5. The lowest BCUT2D eigenvalue weighted by Gasteiger charge is -1.94. The molecule has 0 aromatic rings. The van der Waals surface area contributed by atoms with Crippen LogP contribution in [0.3, 0.4) is 0 Å². The van der Waals surface area contributed by atoms with Crippen molar-refractivity contribution < 1.29 is 4.58 Å². The minimum atomic E-state index is 1.27. The van der Waals surface area contributed by atoms with Crippen LogP contribution in [0.4, 0.5) is 0 Å². The Bertz CT molecular complexity index is 111. The van der Waals surface area contributed by atoms with Gasteiger partial charge in [-0.2, -0.15) is 0 Å². The van der Waals surface area contributed by atoms with Gasteiger partial charge in [0.15, 0.2) is 0 Å². The monoisotopic (exact) mass is 186 g/mol. The molecule has 0 spiro atoms. The summed E-state index contributed by atoms with van der Waals surface area (Å²) in [5.41, 5.74) is 1.56. The number of hydrogen-bond acceptors (Lipinski definition) is 0. The van der Waals surface area contributed by atoms with Crippen LogP contribution in [0.2, 0.25) is 0 Å². The number of rotatable bonds is 0. The summed E-state index contributed by atoms with van der Waals surface area (Å²) in [6, 6.07) is 0. The quantitative estimate of drug-likeness (QED) is 0.507. The highest BCUT2D eigenvalue weighted by Gasteiger charge is 2.08. The summed E-state index contributed by atoms with van der Waals surface area (Å²) >= 11 is 0. The van der Waals surface area contributed by atoms with Crippen LogP contribution in [0.15, 0.2) is 0 Å². The first-order chi connectivity index (χ1) is 6.30. The summed E-state index contributed by atoms with van der Waals surface area (Å²) in [7, 11) is 2.20. The van der Waals surface area contributed by atoms with Crippen molar-refractivity contribution >= 4 is 5.71 Å². The molecule has 80 valence electrons. The Balaban J connectivity index is 0. The van der Waals surface area contributed by atoms with Crippen LogP contribution in [0, 0.1) is 0 Å². The fourth-order valence-electron chi connectivity index (χ4n) is 1.29. The second kappa shape index (κ2) is 11.7. The molecule has 0 aliphatic carbocycles. The van der Waals surface area contributed by atoms with E-state index in [9.17, 15) is 0 Å². The van der Waals surface area contributed by atoms with Crippen LogP contribution in [0.5, 0.6) is 0 Å². The van der Waals surface area contributed by atoms with Crippen molar-refractivity contribution in [3.8, 4) is 0 Å². The molecule has 1 heterocycles. The Hall–Kier alpha value is -0.330. The van der Waals surface area contributed by atoms with Crippen molar-refractivity contribution in [1.29, 1.82) is 0 Å². The van der Waals surface area contributed by atoms with Crippen molar-refractivity contribution in [1.82, 2.24) is 0 Å². The lowest BCUT2D eigenvalue weighted by atomic mass is 10.2. The molecule has 0 saturated carbocycles. The van der Waals surface area contributed by atoms with Gasteiger partial charge in [-0.3, -0.25) is 0 Å². The van der Waals surface area contributed by atoms with Gasteiger partial charge in [-0.05, 0) is 12.8 Å². The van der Waals surface area contributed by atoms with E-state index >= 15 is 0 Å². The first kappa shape index (κ1) is 15.2. The molecule has 0 radical (unpaired) electrons. The molecule has 1 rings (SSSR count). The average molecular weight is 186 g/mol. The summed E-state index contributed by atoms with van der Waals surface area (Å²) in [5.74, 6) is 0. The maximum absolute atomic E-state index is 2.38. The number of nitrogens with zero attached hydrogens (tertiary/aromatic N) is 1. The van der Waals surface area contributed by atoms with Crippen molar-refractivity contribution in [2.75, 3.05) is 13.6 Å². The van der Waals surface area contributed by atoms with Crippen LogP contribution in [-0.4, -0.2) is 23.9 Å². The fourth-order valence-corrected chi connectivity index (χ4v) is 1.29. The molecule has 0 aromatic heterocycles. The zero-order chi connectivity index (χ0) is 10.7. The van der Waals surface area contributed by atoms with E-state index in [4.69, 9.17) is 0 Å². The fraction of sp³-hybridized carbons (Fsp3) is 0.917. The molecule has 1 aliphatic heterocycles. The molecule has 0 bridgehead atoms. The van der Waals surface area contributed by atoms with E-state index in [1.807, 2.05) is 27.7 Å². The van der Waals surface area contributed by atoms with Crippen LogP contribution < -0.4 is 0 Å². The van der Waals surface area contributed by atoms with Gasteiger partial charge in [0.2, 0.25) is 0 Å². The van der Waals surface area contributed by atoms with Crippen molar-refractivity contribution in [2.24, 2.45) is 0 Å². The van der Waals surface area contributed by atoms with E-state index in [1.165, 1.54) is 32.2 Å². The van der Waals surface area contributed by atoms with Crippen molar-refractivity contribution in [3.05, 3.63) is 0 Å². The molecule has 0 unspecified atom stereocenters. The van der Waals surface area contributed by atoms with Gasteiger partial charge in [-0.1, -0.05) is 27.7 Å². The van der Waals surface area contributed by atoms with E-state index in [1.54, 1.807) is 5.71 Å². The minimum absolute atomic E-state index is 1.27. The lowest BCUT2D eigenvalue weighted by molar-refractivity contribution is -0.498. The largest absolute Gasteiger partial charge is 0.240 e. The molecule has 13 heavy (non-hydrogen) atoms. The molecule has 0 N–H and O–H groups in total. The van der Waals surface area contributed by atoms with E-state index in [2.05, 4.69) is 18.5 Å². The van der Waals surface area contributed by atoms with Gasteiger partial charge in [-0.25, -0.2) is 4.58 Å². The van der Waals surface area contributed by atoms with Gasteiger partial charge >= 0.3 is 0 Å². The first-order valence-electron chi connectivity index (χ1n) is 5.84. The number of hydrogen-bond donors (Lipinski definition) is 0. The van der Waals surface area contributed by atoms with Crippen molar-refractivity contribution in [3.63, 3.8) is 0 Å². The second-order valence-corrected chi connectivity index (χ2v) is 2.97. The predicted octanol–water partition coefficient (Wildman–Crippen LogP) is 3.72. The van der Waals surface area contributed by atoms with Gasteiger partial charge in [0.1, 0.15) is 19.3 Å². The van der Waals surface area contributed by atoms with Crippen LogP contribution in [0.1, 0.15) is 60.3 Å². The second-order valence-electron chi connectivity index (χ2n) is 2.97. The maximum atomic E-state index is 2.38. The van der Waals surface area contributed by atoms with Crippen LogP contribution >= 0.6 is 0 Å². The first-order valence-corrected chi connectivity index (χ1v) is 5.84. The zero-order valence-electron chi connectivity index (χ0n) is 10.5. The summed E-state index contributed by atoms with van der Waals surface area (Å²) in [4.78, 5) is 0. The smallest absolute Gasteiger partial charge is 0.148 e.